The van der Waals surface area contributed by atoms with E-state index < -0.39 is 0 Å². The van der Waals surface area contributed by atoms with Gasteiger partial charge in [-0.25, -0.2) is 0 Å². The molecule has 0 bridgehead atoms. The van der Waals surface area contributed by atoms with Gasteiger partial charge in [-0.05, 0) is 37.8 Å². The zero-order valence-corrected chi connectivity index (χ0v) is 13.4. The number of benzene rings is 1. The van der Waals surface area contributed by atoms with E-state index in [4.69, 9.17) is 11.6 Å². The molecule has 1 aromatic heterocycles. The van der Waals surface area contributed by atoms with Crippen LogP contribution in [-0.4, -0.2) is 27.7 Å². The van der Waals surface area contributed by atoms with Gasteiger partial charge in [0, 0.05) is 28.5 Å². The Hall–Kier alpha value is -1.31. The van der Waals surface area contributed by atoms with Crippen molar-refractivity contribution >= 4 is 38.4 Å². The van der Waals surface area contributed by atoms with Crippen LogP contribution >= 0.6 is 27.5 Å². The van der Waals surface area contributed by atoms with Crippen molar-refractivity contribution in [2.75, 3.05) is 6.54 Å². The van der Waals surface area contributed by atoms with Gasteiger partial charge in [0.1, 0.15) is 0 Å². The predicted molar refractivity (Wildman–Crippen MR) is 84.5 cm³/mol. The Labute approximate surface area is 131 Å². The van der Waals surface area contributed by atoms with Crippen molar-refractivity contribution in [2.45, 2.75) is 25.8 Å². The Morgan fingerprint density at radius 2 is 2.25 bits per heavy atom. The van der Waals surface area contributed by atoms with Crippen molar-refractivity contribution < 1.29 is 0 Å². The van der Waals surface area contributed by atoms with Gasteiger partial charge in [0.25, 0.3) is 0 Å². The summed E-state index contributed by atoms with van der Waals surface area (Å²) in [5.74, 6) is 3.05. The standard InChI is InChI=1S/C15H13BrClN3/c1-10-3-2-7-20(10)8-6-13-15(17)12-5-4-11(16)9-14(12)19-18-13/h4-5,9-10H,2-3,7H2,1H3/t10-/m1/s1. The minimum atomic E-state index is 0.505. The molecule has 0 radical (unpaired) electrons. The van der Waals surface area contributed by atoms with Crippen LogP contribution in [0.1, 0.15) is 25.5 Å². The number of hydrogen-bond donors (Lipinski definition) is 0. The zero-order chi connectivity index (χ0) is 14.1. The minimum absolute atomic E-state index is 0.505. The molecule has 1 fully saturated rings. The third kappa shape index (κ3) is 2.61. The topological polar surface area (TPSA) is 29.0 Å². The van der Waals surface area contributed by atoms with Gasteiger partial charge in [-0.1, -0.05) is 33.6 Å². The van der Waals surface area contributed by atoms with Gasteiger partial charge >= 0.3 is 0 Å². The predicted octanol–water partition coefficient (Wildman–Crippen LogP) is 3.84. The van der Waals surface area contributed by atoms with Crippen LogP contribution in [0, 0.1) is 12.0 Å². The van der Waals surface area contributed by atoms with Gasteiger partial charge < -0.3 is 4.90 Å². The fraction of sp³-hybridized carbons (Fsp3) is 0.333. The van der Waals surface area contributed by atoms with Crippen LogP contribution < -0.4 is 0 Å². The first-order chi connectivity index (χ1) is 9.65. The maximum atomic E-state index is 6.38. The van der Waals surface area contributed by atoms with E-state index in [9.17, 15) is 0 Å². The third-order valence-electron chi connectivity index (χ3n) is 3.53. The SMILES string of the molecule is C[C@@H]1CCCN1C#Cc1nnc2cc(Br)ccc2c1Cl. The second-order valence-corrected chi connectivity index (χ2v) is 6.24. The van der Waals surface area contributed by atoms with Gasteiger partial charge in [-0.3, -0.25) is 0 Å². The highest BCUT2D eigenvalue weighted by Crippen LogP contribution is 2.26. The van der Waals surface area contributed by atoms with Crippen molar-refractivity contribution in [1.29, 1.82) is 0 Å². The second kappa shape index (κ2) is 5.59. The van der Waals surface area contributed by atoms with Gasteiger partial charge in [-0.2, -0.15) is 0 Å². The fourth-order valence-electron chi connectivity index (χ4n) is 2.35. The normalized spacial score (nSPS) is 18.1. The summed E-state index contributed by atoms with van der Waals surface area (Å²) < 4.78 is 0.958. The van der Waals surface area contributed by atoms with Crippen LogP contribution in [0.25, 0.3) is 10.9 Å². The fourth-order valence-corrected chi connectivity index (χ4v) is 2.95. The molecule has 2 heterocycles. The van der Waals surface area contributed by atoms with Gasteiger partial charge in [0.2, 0.25) is 0 Å². The molecular weight excluding hydrogens is 338 g/mol. The van der Waals surface area contributed by atoms with Crippen LogP contribution in [0.5, 0.6) is 0 Å². The highest BCUT2D eigenvalue weighted by molar-refractivity contribution is 9.10. The van der Waals surface area contributed by atoms with E-state index in [-0.39, 0.29) is 0 Å². The summed E-state index contributed by atoms with van der Waals surface area (Å²) in [5.41, 5.74) is 1.31. The smallest absolute Gasteiger partial charge is 0.156 e. The van der Waals surface area contributed by atoms with Crippen LogP contribution in [-0.2, 0) is 0 Å². The molecule has 1 aliphatic heterocycles. The molecule has 3 nitrogen and oxygen atoms in total. The molecule has 3 rings (SSSR count). The molecular formula is C15H13BrClN3. The van der Waals surface area contributed by atoms with Crippen molar-refractivity contribution in [1.82, 2.24) is 15.1 Å². The molecule has 0 unspecified atom stereocenters. The molecule has 1 saturated heterocycles. The zero-order valence-electron chi connectivity index (χ0n) is 11.0. The first-order valence-corrected chi connectivity index (χ1v) is 7.72. The van der Waals surface area contributed by atoms with Gasteiger partial charge in [-0.15, -0.1) is 10.2 Å². The van der Waals surface area contributed by atoms with E-state index in [1.54, 1.807) is 0 Å². The largest absolute Gasteiger partial charge is 0.330 e. The van der Waals surface area contributed by atoms with Crippen LogP contribution in [0.2, 0.25) is 5.02 Å². The lowest BCUT2D eigenvalue weighted by Gasteiger charge is -2.14. The molecule has 0 amide bonds. The number of fused-ring (bicyclic) bond motifs is 1. The van der Waals surface area contributed by atoms with E-state index in [1.165, 1.54) is 12.8 Å². The van der Waals surface area contributed by atoms with E-state index >= 15 is 0 Å². The molecule has 0 spiro atoms. The maximum absolute atomic E-state index is 6.38. The molecule has 102 valence electrons. The molecule has 0 N–H and O–H groups in total. The maximum Gasteiger partial charge on any atom is 0.156 e. The first kappa shape index (κ1) is 13.7. The molecule has 1 aromatic carbocycles. The number of hydrogen-bond acceptors (Lipinski definition) is 3. The summed E-state index contributed by atoms with van der Waals surface area (Å²) in [7, 11) is 0. The van der Waals surface area contributed by atoms with Crippen LogP contribution in [0.4, 0.5) is 0 Å². The number of likely N-dealkylation sites (tertiary alicyclic amines) is 1. The lowest BCUT2D eigenvalue weighted by Crippen LogP contribution is -2.20. The highest BCUT2D eigenvalue weighted by Gasteiger charge is 2.17. The third-order valence-corrected chi connectivity index (χ3v) is 4.41. The second-order valence-electron chi connectivity index (χ2n) is 4.95. The lowest BCUT2D eigenvalue weighted by molar-refractivity contribution is 0.395. The van der Waals surface area contributed by atoms with Crippen molar-refractivity contribution in [3.8, 4) is 12.0 Å². The number of nitrogens with zero attached hydrogens (tertiary/aromatic N) is 3. The Morgan fingerprint density at radius 1 is 1.40 bits per heavy atom. The van der Waals surface area contributed by atoms with Crippen molar-refractivity contribution in [3.63, 3.8) is 0 Å². The quantitative estimate of drug-likeness (QED) is 0.676. The summed E-state index contributed by atoms with van der Waals surface area (Å²) in [6.07, 6.45) is 2.39. The van der Waals surface area contributed by atoms with Gasteiger partial charge in [0.05, 0.1) is 10.5 Å². The monoisotopic (exact) mass is 349 g/mol. The molecule has 20 heavy (non-hydrogen) atoms. The van der Waals surface area contributed by atoms with E-state index in [0.717, 1.165) is 21.9 Å². The Kier molecular flexibility index (Phi) is 3.82. The van der Waals surface area contributed by atoms with Gasteiger partial charge in [0.15, 0.2) is 5.69 Å². The molecule has 1 aliphatic rings. The summed E-state index contributed by atoms with van der Waals surface area (Å²) in [6.45, 7) is 3.20. The number of halogens is 2. The summed E-state index contributed by atoms with van der Waals surface area (Å²) in [5, 5.41) is 9.76. The highest BCUT2D eigenvalue weighted by atomic mass is 79.9. The van der Waals surface area contributed by atoms with Crippen LogP contribution in [0.3, 0.4) is 0 Å². The number of rotatable bonds is 0. The van der Waals surface area contributed by atoms with E-state index in [0.29, 0.717) is 16.8 Å². The van der Waals surface area contributed by atoms with Crippen molar-refractivity contribution in [2.24, 2.45) is 0 Å². The molecule has 5 heteroatoms. The minimum Gasteiger partial charge on any atom is -0.330 e. The molecule has 0 saturated carbocycles. The summed E-state index contributed by atoms with van der Waals surface area (Å²) in [6, 6.07) is 9.42. The number of aromatic nitrogens is 2. The van der Waals surface area contributed by atoms with E-state index in [2.05, 4.69) is 49.9 Å². The lowest BCUT2D eigenvalue weighted by atomic mass is 10.2. The average molecular weight is 351 g/mol. The Morgan fingerprint density at radius 3 is 3.00 bits per heavy atom. The Bertz CT molecular complexity index is 720. The molecule has 1 atom stereocenters. The van der Waals surface area contributed by atoms with E-state index in [1.807, 2.05) is 18.2 Å². The summed E-state index contributed by atoms with van der Waals surface area (Å²) in [4.78, 5) is 2.14. The first-order valence-electron chi connectivity index (χ1n) is 6.55. The Balaban J connectivity index is 1.98. The van der Waals surface area contributed by atoms with Crippen molar-refractivity contribution in [3.05, 3.63) is 33.4 Å². The molecule has 2 aromatic rings. The average Bonchev–Trinajstić information content (AvgIpc) is 2.83. The summed E-state index contributed by atoms with van der Waals surface area (Å²) >= 11 is 9.79. The molecule has 0 aliphatic carbocycles. The van der Waals surface area contributed by atoms with Crippen LogP contribution in [0.15, 0.2) is 22.7 Å².